The van der Waals surface area contributed by atoms with Crippen molar-refractivity contribution in [3.05, 3.63) is 0 Å². The third kappa shape index (κ3) is 23.4. The van der Waals surface area contributed by atoms with Gasteiger partial charge in [-0.15, -0.1) is 0 Å². The van der Waals surface area contributed by atoms with Gasteiger partial charge in [0.05, 0.1) is 0 Å². The molecule has 0 spiro atoms. The van der Waals surface area contributed by atoms with Crippen LogP contribution in [0.3, 0.4) is 0 Å². The first-order valence-electron chi connectivity index (χ1n) is 5.57. The fraction of sp³-hybridized carbons (Fsp3) is 1.00. The van der Waals surface area contributed by atoms with Crippen molar-refractivity contribution in [1.82, 2.24) is 0 Å². The van der Waals surface area contributed by atoms with E-state index in [2.05, 4.69) is 6.92 Å². The molecule has 0 N–H and O–H groups in total. The Labute approximate surface area is 218 Å². The van der Waals surface area contributed by atoms with Gasteiger partial charge in [0.1, 0.15) is 0 Å². The van der Waals surface area contributed by atoms with Crippen LogP contribution in [0.1, 0.15) is 58.3 Å². The molecule has 0 amide bonds. The molecule has 0 aliphatic heterocycles. The second kappa shape index (κ2) is 17.3. The van der Waals surface area contributed by atoms with E-state index in [0.717, 1.165) is 12.8 Å². The molecule has 0 bridgehead atoms. The van der Waals surface area contributed by atoms with E-state index in [9.17, 15) is 14.4 Å². The van der Waals surface area contributed by atoms with Crippen LogP contribution in [0.5, 0.6) is 0 Å². The Morgan fingerprint density at radius 2 is 1.19 bits per heavy atom. The van der Waals surface area contributed by atoms with Crippen LogP contribution in [0.2, 0.25) is 0 Å². The first-order valence-corrected chi connectivity index (χ1v) is 7.30. The Morgan fingerprint density at radius 3 is 1.56 bits per heavy atom. The number of unbranched alkanes of at least 4 members (excludes halogenated alkanes) is 7. The SMILES string of the molecule is CCCCCCCCCCP(=O)([O-])[O-].[Cs+].[Cs+]. The first-order chi connectivity index (χ1) is 6.56. The average molecular weight is 486 g/mol. The predicted octanol–water partition coefficient (Wildman–Crippen LogP) is -3.95. The Balaban J connectivity index is -0.000000845. The maximum Gasteiger partial charge on any atom is 1.00 e. The van der Waals surface area contributed by atoms with Gasteiger partial charge in [-0.05, 0) is 12.6 Å². The summed E-state index contributed by atoms with van der Waals surface area (Å²) in [5, 5.41) is 0. The zero-order chi connectivity index (χ0) is 10.9. The molecule has 0 aromatic heterocycles. The Hall–Kier alpha value is 4.25. The summed E-state index contributed by atoms with van der Waals surface area (Å²) in [5.74, 6) is 0. The largest absolute Gasteiger partial charge is 1.00 e. The van der Waals surface area contributed by atoms with Gasteiger partial charge in [0.15, 0.2) is 0 Å². The molecular weight excluding hydrogens is 465 g/mol. The normalized spacial score (nSPS) is 10.4. The summed E-state index contributed by atoms with van der Waals surface area (Å²) >= 11 is 0. The summed E-state index contributed by atoms with van der Waals surface area (Å²) in [6, 6.07) is 0. The molecule has 0 atom stereocenters. The van der Waals surface area contributed by atoms with E-state index in [-0.39, 0.29) is 144 Å². The van der Waals surface area contributed by atoms with Crippen LogP contribution in [0.15, 0.2) is 0 Å². The van der Waals surface area contributed by atoms with Gasteiger partial charge in [0, 0.05) is 0 Å². The van der Waals surface area contributed by atoms with Crippen molar-refractivity contribution in [3.63, 3.8) is 0 Å². The smallest absolute Gasteiger partial charge is 0.811 e. The summed E-state index contributed by atoms with van der Waals surface area (Å²) in [7, 11) is -4.23. The predicted molar refractivity (Wildman–Crippen MR) is 55.1 cm³/mol. The molecule has 0 saturated carbocycles. The maximum absolute atomic E-state index is 10.3. The molecule has 0 aromatic carbocycles. The van der Waals surface area contributed by atoms with Crippen molar-refractivity contribution in [2.24, 2.45) is 0 Å². The second-order valence-corrected chi connectivity index (χ2v) is 5.48. The van der Waals surface area contributed by atoms with E-state index >= 15 is 0 Å². The molecule has 0 fully saturated rings. The third-order valence-electron chi connectivity index (χ3n) is 2.29. The Kier molecular flexibility index (Phi) is 27.3. The summed E-state index contributed by atoms with van der Waals surface area (Å²) in [5.41, 5.74) is 0. The van der Waals surface area contributed by atoms with Gasteiger partial charge in [-0.3, -0.25) is 0 Å². The van der Waals surface area contributed by atoms with Gasteiger partial charge in [0.25, 0.3) is 0 Å². The maximum atomic E-state index is 10.3. The van der Waals surface area contributed by atoms with Crippen LogP contribution in [0, 0.1) is 0 Å². The van der Waals surface area contributed by atoms with E-state index in [1.54, 1.807) is 0 Å². The zero-order valence-electron chi connectivity index (χ0n) is 11.0. The van der Waals surface area contributed by atoms with Crippen molar-refractivity contribution in [1.29, 1.82) is 0 Å². The number of hydrogen-bond donors (Lipinski definition) is 0. The summed E-state index contributed by atoms with van der Waals surface area (Å²) in [6.45, 7) is 2.18. The van der Waals surface area contributed by atoms with Crippen molar-refractivity contribution in [3.8, 4) is 0 Å². The van der Waals surface area contributed by atoms with Crippen LogP contribution in [-0.2, 0) is 4.57 Å². The van der Waals surface area contributed by atoms with Crippen LogP contribution in [0.25, 0.3) is 0 Å². The zero-order valence-corrected chi connectivity index (χ0v) is 24.5. The molecule has 0 aliphatic carbocycles. The van der Waals surface area contributed by atoms with Crippen molar-refractivity contribution in [2.45, 2.75) is 58.3 Å². The quantitative estimate of drug-likeness (QED) is 0.247. The van der Waals surface area contributed by atoms with E-state index in [1.807, 2.05) is 0 Å². The molecule has 3 nitrogen and oxygen atoms in total. The minimum Gasteiger partial charge on any atom is -0.811 e. The minimum atomic E-state index is -4.23. The summed E-state index contributed by atoms with van der Waals surface area (Å²) < 4.78 is 10.3. The second-order valence-electron chi connectivity index (χ2n) is 3.81. The molecule has 0 rings (SSSR count). The van der Waals surface area contributed by atoms with E-state index in [4.69, 9.17) is 0 Å². The van der Waals surface area contributed by atoms with Gasteiger partial charge in [-0.2, -0.15) is 0 Å². The van der Waals surface area contributed by atoms with E-state index in [1.165, 1.54) is 32.1 Å². The van der Waals surface area contributed by atoms with Gasteiger partial charge >= 0.3 is 138 Å². The molecule has 0 heterocycles. The van der Waals surface area contributed by atoms with Crippen LogP contribution >= 0.6 is 7.60 Å². The standard InChI is InChI=1S/C10H23O3P.2Cs/c1-2-3-4-5-6-7-8-9-10-14(11,12)13;;/h2-10H2,1H3,(H2,11,12,13);;/q;2*+1/p-2. The van der Waals surface area contributed by atoms with Crippen molar-refractivity contribution in [2.75, 3.05) is 6.16 Å². The molecule has 16 heavy (non-hydrogen) atoms. The molecule has 0 aromatic rings. The monoisotopic (exact) mass is 486 g/mol. The van der Waals surface area contributed by atoms with E-state index < -0.39 is 7.60 Å². The molecular formula is C10H21Cs2O3P. The van der Waals surface area contributed by atoms with Crippen molar-refractivity contribution >= 4 is 7.60 Å². The number of hydrogen-bond acceptors (Lipinski definition) is 3. The van der Waals surface area contributed by atoms with Gasteiger partial charge in [-0.25, -0.2) is 0 Å². The number of rotatable bonds is 9. The molecule has 0 saturated heterocycles. The topological polar surface area (TPSA) is 63.2 Å². The van der Waals surface area contributed by atoms with Crippen LogP contribution in [-0.4, -0.2) is 6.16 Å². The Bertz CT molecular complexity index is 173. The molecule has 0 unspecified atom stereocenters. The van der Waals surface area contributed by atoms with Gasteiger partial charge in [-0.1, -0.05) is 59.5 Å². The first kappa shape index (κ1) is 25.2. The summed E-state index contributed by atoms with van der Waals surface area (Å²) in [4.78, 5) is 20.6. The third-order valence-corrected chi connectivity index (χ3v) is 3.15. The van der Waals surface area contributed by atoms with Crippen molar-refractivity contribution < 1.29 is 152 Å². The fourth-order valence-corrected chi connectivity index (χ4v) is 2.05. The molecule has 0 radical (unpaired) electrons. The van der Waals surface area contributed by atoms with Gasteiger partial charge < -0.3 is 14.4 Å². The molecule has 0 aliphatic rings. The fourth-order valence-electron chi connectivity index (χ4n) is 1.44. The Morgan fingerprint density at radius 1 is 0.812 bits per heavy atom. The van der Waals surface area contributed by atoms with Gasteiger partial charge in [0.2, 0.25) is 0 Å². The van der Waals surface area contributed by atoms with Crippen LogP contribution < -0.4 is 148 Å². The van der Waals surface area contributed by atoms with E-state index in [0.29, 0.717) is 6.42 Å². The summed E-state index contributed by atoms with van der Waals surface area (Å²) in [6.07, 6.45) is 8.52. The molecule has 86 valence electrons. The minimum absolute atomic E-state index is 0. The van der Waals surface area contributed by atoms with Crippen LogP contribution in [0.4, 0.5) is 0 Å². The molecule has 6 heteroatoms. The average Bonchev–Trinajstić information content (AvgIpc) is 2.08.